The van der Waals surface area contributed by atoms with E-state index in [-0.39, 0.29) is 11.3 Å². The molecular weight excluding hydrogens is 382 g/mol. The van der Waals surface area contributed by atoms with Crippen LogP contribution in [0, 0.1) is 5.92 Å². The summed E-state index contributed by atoms with van der Waals surface area (Å²) in [6.07, 6.45) is 4.69. The maximum absolute atomic E-state index is 12.5. The van der Waals surface area contributed by atoms with E-state index < -0.39 is 0 Å². The Bertz CT molecular complexity index is 667. The monoisotopic (exact) mass is 421 g/mol. The molecule has 1 aromatic heterocycles. The van der Waals surface area contributed by atoms with Gasteiger partial charge in [0.1, 0.15) is 0 Å². The Hall–Kier alpha value is -1.63. The van der Waals surface area contributed by atoms with Crippen LogP contribution in [-0.4, -0.2) is 54.5 Å². The van der Waals surface area contributed by atoms with Gasteiger partial charge in [0.05, 0.1) is 10.7 Å². The molecule has 1 fully saturated rings. The fourth-order valence-corrected chi connectivity index (χ4v) is 4.61. The Morgan fingerprint density at radius 2 is 1.97 bits per heavy atom. The lowest BCUT2D eigenvalue weighted by Gasteiger charge is -2.34. The van der Waals surface area contributed by atoms with E-state index in [0.29, 0.717) is 11.9 Å². The molecule has 7 heteroatoms. The van der Waals surface area contributed by atoms with Crippen LogP contribution in [0.25, 0.3) is 0 Å². The largest absolute Gasteiger partial charge is 0.356 e. The molecule has 0 radical (unpaired) electrons. The fraction of sp³-hybridized carbons (Fsp3) is 0.773. The number of aromatic nitrogens is 1. The SMILES string of the molecule is CCC(CC)C(=O)N1CCC(NC(=NC)NCCc2nc(C(C)(C)C)cs2)CC1. The molecule has 1 aromatic rings. The van der Waals surface area contributed by atoms with Crippen LogP contribution < -0.4 is 10.6 Å². The van der Waals surface area contributed by atoms with E-state index in [0.717, 1.165) is 68.4 Å². The Balaban J connectivity index is 1.74. The van der Waals surface area contributed by atoms with Crippen molar-refractivity contribution in [3.63, 3.8) is 0 Å². The van der Waals surface area contributed by atoms with Crippen molar-refractivity contribution >= 4 is 23.2 Å². The Labute approximate surface area is 180 Å². The summed E-state index contributed by atoms with van der Waals surface area (Å²) in [6.45, 7) is 13.3. The highest BCUT2D eigenvalue weighted by molar-refractivity contribution is 7.09. The van der Waals surface area contributed by atoms with Crippen molar-refractivity contribution in [2.45, 2.75) is 78.2 Å². The zero-order valence-electron chi connectivity index (χ0n) is 19.0. The van der Waals surface area contributed by atoms with Crippen LogP contribution >= 0.6 is 11.3 Å². The van der Waals surface area contributed by atoms with Crippen molar-refractivity contribution in [2.75, 3.05) is 26.7 Å². The molecule has 0 aromatic carbocycles. The number of rotatable bonds is 7. The number of guanidine groups is 1. The Morgan fingerprint density at radius 3 is 2.48 bits per heavy atom. The topological polar surface area (TPSA) is 69.6 Å². The van der Waals surface area contributed by atoms with Gasteiger partial charge >= 0.3 is 0 Å². The van der Waals surface area contributed by atoms with Gasteiger partial charge in [-0.05, 0) is 25.7 Å². The number of piperidine rings is 1. The first-order valence-electron chi connectivity index (χ1n) is 11.0. The Kier molecular flexibility index (Phi) is 8.93. The number of nitrogens with one attached hydrogen (secondary N) is 2. The average molecular weight is 422 g/mol. The summed E-state index contributed by atoms with van der Waals surface area (Å²) >= 11 is 1.73. The summed E-state index contributed by atoms with van der Waals surface area (Å²) in [7, 11) is 1.81. The molecule has 0 unspecified atom stereocenters. The molecule has 2 N–H and O–H groups in total. The number of aliphatic imine (C=N–C) groups is 1. The van der Waals surface area contributed by atoms with Crippen LogP contribution in [-0.2, 0) is 16.6 Å². The van der Waals surface area contributed by atoms with Gasteiger partial charge < -0.3 is 15.5 Å². The molecule has 2 rings (SSSR count). The van der Waals surface area contributed by atoms with E-state index >= 15 is 0 Å². The van der Waals surface area contributed by atoms with Gasteiger partial charge in [0.15, 0.2) is 5.96 Å². The smallest absolute Gasteiger partial charge is 0.225 e. The molecule has 1 amide bonds. The number of hydrogen-bond acceptors (Lipinski definition) is 4. The lowest BCUT2D eigenvalue weighted by molar-refractivity contribution is -0.136. The molecule has 164 valence electrons. The predicted molar refractivity (Wildman–Crippen MR) is 123 cm³/mol. The average Bonchev–Trinajstić information content (AvgIpc) is 3.18. The second-order valence-corrected chi connectivity index (χ2v) is 9.83. The number of nitrogens with zero attached hydrogens (tertiary/aromatic N) is 3. The van der Waals surface area contributed by atoms with Crippen LogP contribution in [0.3, 0.4) is 0 Å². The van der Waals surface area contributed by atoms with Crippen LogP contribution in [0.15, 0.2) is 10.4 Å². The molecule has 0 bridgehead atoms. The standard InChI is InChI=1S/C22H39N5OS/c1-7-16(8-2)20(28)27-13-10-17(11-14-27)25-21(23-6)24-12-9-19-26-18(15-29-19)22(3,4)5/h15-17H,7-14H2,1-6H3,(H2,23,24,25). The number of amides is 1. The molecule has 1 aliphatic heterocycles. The number of thiazole rings is 1. The molecular formula is C22H39N5OS. The fourth-order valence-electron chi connectivity index (χ4n) is 3.59. The maximum Gasteiger partial charge on any atom is 0.225 e. The number of hydrogen-bond donors (Lipinski definition) is 2. The third-order valence-electron chi connectivity index (χ3n) is 5.66. The normalized spacial score (nSPS) is 16.4. The van der Waals surface area contributed by atoms with Crippen LogP contribution in [0.2, 0.25) is 0 Å². The van der Waals surface area contributed by atoms with Crippen LogP contribution in [0.5, 0.6) is 0 Å². The van der Waals surface area contributed by atoms with Crippen molar-refractivity contribution in [3.8, 4) is 0 Å². The van der Waals surface area contributed by atoms with Crippen molar-refractivity contribution < 1.29 is 4.79 Å². The third kappa shape index (κ3) is 6.98. The van der Waals surface area contributed by atoms with Gasteiger partial charge in [0.2, 0.25) is 5.91 Å². The van der Waals surface area contributed by atoms with Gasteiger partial charge in [-0.25, -0.2) is 4.98 Å². The van der Waals surface area contributed by atoms with E-state index in [1.54, 1.807) is 11.3 Å². The second-order valence-electron chi connectivity index (χ2n) is 8.88. The number of carbonyl (C=O) groups excluding carboxylic acids is 1. The molecule has 1 saturated heterocycles. The third-order valence-corrected chi connectivity index (χ3v) is 6.57. The molecule has 6 nitrogen and oxygen atoms in total. The van der Waals surface area contributed by atoms with Crippen LogP contribution in [0.4, 0.5) is 0 Å². The lowest BCUT2D eigenvalue weighted by atomic mass is 9.93. The Morgan fingerprint density at radius 1 is 1.31 bits per heavy atom. The molecule has 0 atom stereocenters. The highest BCUT2D eigenvalue weighted by atomic mass is 32.1. The van der Waals surface area contributed by atoms with Crippen LogP contribution in [0.1, 0.15) is 71.0 Å². The predicted octanol–water partition coefficient (Wildman–Crippen LogP) is 3.58. The summed E-state index contributed by atoms with van der Waals surface area (Å²) in [5, 5.41) is 10.3. The van der Waals surface area contributed by atoms with Gasteiger partial charge in [-0.1, -0.05) is 34.6 Å². The highest BCUT2D eigenvalue weighted by Crippen LogP contribution is 2.24. The van der Waals surface area contributed by atoms with E-state index in [9.17, 15) is 4.79 Å². The van der Waals surface area contributed by atoms with E-state index in [1.165, 1.54) is 0 Å². The van der Waals surface area contributed by atoms with Crippen molar-refractivity contribution in [1.82, 2.24) is 20.5 Å². The molecule has 2 heterocycles. The van der Waals surface area contributed by atoms with Crippen molar-refractivity contribution in [3.05, 3.63) is 16.1 Å². The zero-order chi connectivity index (χ0) is 21.4. The second kappa shape index (κ2) is 11.0. The minimum absolute atomic E-state index is 0.101. The lowest BCUT2D eigenvalue weighted by Crippen LogP contribution is -2.50. The molecule has 0 saturated carbocycles. The van der Waals surface area contributed by atoms with Crippen molar-refractivity contribution in [1.29, 1.82) is 0 Å². The van der Waals surface area contributed by atoms with E-state index in [2.05, 4.69) is 55.6 Å². The van der Waals surface area contributed by atoms with Gasteiger partial charge in [0, 0.05) is 55.9 Å². The first-order chi connectivity index (χ1) is 13.8. The summed E-state index contributed by atoms with van der Waals surface area (Å²) in [4.78, 5) is 23.7. The summed E-state index contributed by atoms with van der Waals surface area (Å²) < 4.78 is 0. The van der Waals surface area contributed by atoms with Gasteiger partial charge in [-0.3, -0.25) is 9.79 Å². The minimum Gasteiger partial charge on any atom is -0.356 e. The van der Waals surface area contributed by atoms with Gasteiger partial charge in [-0.15, -0.1) is 11.3 Å². The van der Waals surface area contributed by atoms with E-state index in [4.69, 9.17) is 4.98 Å². The summed E-state index contributed by atoms with van der Waals surface area (Å²) in [5.41, 5.74) is 1.26. The maximum atomic E-state index is 12.5. The minimum atomic E-state index is 0.101. The molecule has 0 spiro atoms. The quantitative estimate of drug-likeness (QED) is 0.522. The summed E-state index contributed by atoms with van der Waals surface area (Å²) in [6, 6.07) is 0.360. The number of carbonyl (C=O) groups is 1. The first kappa shape index (κ1) is 23.6. The highest BCUT2D eigenvalue weighted by Gasteiger charge is 2.26. The molecule has 0 aliphatic carbocycles. The molecule has 1 aliphatic rings. The van der Waals surface area contributed by atoms with Gasteiger partial charge in [-0.2, -0.15) is 0 Å². The first-order valence-corrected chi connectivity index (χ1v) is 11.9. The number of likely N-dealkylation sites (tertiary alicyclic amines) is 1. The van der Waals surface area contributed by atoms with E-state index in [1.807, 2.05) is 11.9 Å². The summed E-state index contributed by atoms with van der Waals surface area (Å²) in [5.74, 6) is 1.34. The van der Waals surface area contributed by atoms with Crippen molar-refractivity contribution in [2.24, 2.45) is 10.9 Å². The zero-order valence-corrected chi connectivity index (χ0v) is 19.9. The molecule has 29 heavy (non-hydrogen) atoms. The van der Waals surface area contributed by atoms with Gasteiger partial charge in [0.25, 0.3) is 0 Å².